The van der Waals surface area contributed by atoms with Gasteiger partial charge in [-0.15, -0.1) is 0 Å². The molecule has 1 aliphatic rings. The number of nitrogens with one attached hydrogen (secondary N) is 1. The highest BCUT2D eigenvalue weighted by Gasteiger charge is 2.17. The van der Waals surface area contributed by atoms with Crippen LogP contribution in [0, 0.1) is 5.92 Å². The van der Waals surface area contributed by atoms with Gasteiger partial charge in [0.25, 0.3) is 0 Å². The number of nitrogens with zero attached hydrogens (tertiary/aromatic N) is 1. The normalized spacial score (nSPS) is 19.5. The van der Waals surface area contributed by atoms with Crippen LogP contribution in [0.15, 0.2) is 0 Å². The summed E-state index contributed by atoms with van der Waals surface area (Å²) in [6.07, 6.45) is 6.72. The third kappa shape index (κ3) is 5.86. The molecule has 16 heavy (non-hydrogen) atoms. The second-order valence-corrected chi connectivity index (χ2v) is 5.61. The van der Waals surface area contributed by atoms with Crippen molar-refractivity contribution in [3.63, 3.8) is 0 Å². The van der Waals surface area contributed by atoms with Crippen molar-refractivity contribution < 1.29 is 0 Å². The molecule has 2 nitrogen and oxygen atoms in total. The molecule has 0 amide bonds. The van der Waals surface area contributed by atoms with Gasteiger partial charge in [0, 0.05) is 6.04 Å². The molecule has 2 heteroatoms. The summed E-state index contributed by atoms with van der Waals surface area (Å²) in [5.41, 5.74) is 0. The van der Waals surface area contributed by atoms with Crippen molar-refractivity contribution in [1.82, 2.24) is 10.2 Å². The predicted octanol–water partition coefficient (Wildman–Crippen LogP) is 2.89. The van der Waals surface area contributed by atoms with E-state index in [1.54, 1.807) is 0 Å². The molecule has 1 fully saturated rings. The van der Waals surface area contributed by atoms with E-state index in [0.717, 1.165) is 12.0 Å². The summed E-state index contributed by atoms with van der Waals surface area (Å²) in [7, 11) is 0. The molecular weight excluding hydrogens is 196 g/mol. The number of likely N-dealkylation sites (tertiary alicyclic amines) is 1. The molecule has 0 aromatic rings. The molecule has 0 aliphatic carbocycles. The molecule has 0 aromatic heterocycles. The molecule has 1 saturated heterocycles. The number of piperidine rings is 1. The quantitative estimate of drug-likeness (QED) is 0.718. The van der Waals surface area contributed by atoms with Crippen molar-refractivity contribution in [2.75, 3.05) is 26.2 Å². The average molecular weight is 226 g/mol. The highest BCUT2D eigenvalue weighted by molar-refractivity contribution is 4.76. The minimum atomic E-state index is 0.793. The highest BCUT2D eigenvalue weighted by Crippen LogP contribution is 2.12. The fourth-order valence-electron chi connectivity index (χ4n) is 2.43. The first-order valence-corrected chi connectivity index (χ1v) is 7.18. The summed E-state index contributed by atoms with van der Waals surface area (Å²) in [5.74, 6) is 0.865. The van der Waals surface area contributed by atoms with Crippen LogP contribution in [-0.4, -0.2) is 37.1 Å². The van der Waals surface area contributed by atoms with Crippen molar-refractivity contribution in [3.05, 3.63) is 0 Å². The van der Waals surface area contributed by atoms with E-state index < -0.39 is 0 Å². The van der Waals surface area contributed by atoms with Crippen LogP contribution in [0.3, 0.4) is 0 Å². The van der Waals surface area contributed by atoms with Gasteiger partial charge in [0.05, 0.1) is 0 Å². The maximum Gasteiger partial charge on any atom is 0.00914 e. The zero-order valence-electron chi connectivity index (χ0n) is 11.5. The molecule has 0 spiro atoms. The summed E-state index contributed by atoms with van der Waals surface area (Å²) in [4.78, 5) is 2.65. The van der Waals surface area contributed by atoms with Crippen LogP contribution in [0.2, 0.25) is 0 Å². The zero-order valence-corrected chi connectivity index (χ0v) is 11.5. The van der Waals surface area contributed by atoms with Gasteiger partial charge in [-0.25, -0.2) is 0 Å². The Bertz CT molecular complexity index is 160. The lowest BCUT2D eigenvalue weighted by Gasteiger charge is -2.32. The van der Waals surface area contributed by atoms with E-state index in [2.05, 4.69) is 31.0 Å². The van der Waals surface area contributed by atoms with E-state index >= 15 is 0 Å². The Hall–Kier alpha value is -0.0800. The van der Waals surface area contributed by atoms with Crippen LogP contribution in [0.4, 0.5) is 0 Å². The minimum absolute atomic E-state index is 0.793. The van der Waals surface area contributed by atoms with E-state index in [1.165, 1.54) is 58.3 Å². The molecule has 0 bridgehead atoms. The third-order valence-corrected chi connectivity index (χ3v) is 3.53. The van der Waals surface area contributed by atoms with Gasteiger partial charge in [0.1, 0.15) is 0 Å². The van der Waals surface area contributed by atoms with Crippen molar-refractivity contribution >= 4 is 0 Å². The minimum Gasteiger partial charge on any atom is -0.314 e. The molecule has 0 atom stereocenters. The fraction of sp³-hybridized carbons (Fsp3) is 1.00. The van der Waals surface area contributed by atoms with Gasteiger partial charge in [-0.2, -0.15) is 0 Å². The predicted molar refractivity (Wildman–Crippen MR) is 71.8 cm³/mol. The first-order valence-electron chi connectivity index (χ1n) is 7.18. The van der Waals surface area contributed by atoms with Gasteiger partial charge < -0.3 is 10.2 Å². The molecule has 0 radical (unpaired) electrons. The lowest BCUT2D eigenvalue weighted by atomic mass is 10.0. The van der Waals surface area contributed by atoms with Crippen LogP contribution in [0.5, 0.6) is 0 Å². The van der Waals surface area contributed by atoms with Crippen molar-refractivity contribution in [2.24, 2.45) is 5.92 Å². The molecule has 0 unspecified atom stereocenters. The lowest BCUT2D eigenvalue weighted by Crippen LogP contribution is -2.42. The average Bonchev–Trinajstić information content (AvgIpc) is 2.27. The monoisotopic (exact) mass is 226 g/mol. The topological polar surface area (TPSA) is 15.3 Å². The summed E-state index contributed by atoms with van der Waals surface area (Å²) < 4.78 is 0. The molecule has 96 valence electrons. The van der Waals surface area contributed by atoms with E-state index in [4.69, 9.17) is 0 Å². The second kappa shape index (κ2) is 8.08. The third-order valence-electron chi connectivity index (χ3n) is 3.53. The molecule has 0 aromatic carbocycles. The van der Waals surface area contributed by atoms with Crippen molar-refractivity contribution in [2.45, 2.75) is 58.9 Å². The Labute approximate surface area is 102 Å². The van der Waals surface area contributed by atoms with Gasteiger partial charge in [-0.1, -0.05) is 20.8 Å². The number of hydrogen-bond acceptors (Lipinski definition) is 2. The summed E-state index contributed by atoms with van der Waals surface area (Å²) in [6, 6.07) is 0.793. The number of hydrogen-bond donors (Lipinski definition) is 1. The Morgan fingerprint density at radius 3 is 2.50 bits per heavy atom. The van der Waals surface area contributed by atoms with Crippen molar-refractivity contribution in [1.29, 1.82) is 0 Å². The molecular formula is C14H30N2. The van der Waals surface area contributed by atoms with Crippen LogP contribution >= 0.6 is 0 Å². The summed E-state index contributed by atoms with van der Waals surface area (Å²) in [6.45, 7) is 12.0. The maximum absolute atomic E-state index is 3.64. The number of rotatable bonds is 7. The first-order chi connectivity index (χ1) is 7.72. The fourth-order valence-corrected chi connectivity index (χ4v) is 2.43. The van der Waals surface area contributed by atoms with E-state index in [1.807, 2.05) is 0 Å². The van der Waals surface area contributed by atoms with Gasteiger partial charge in [0.15, 0.2) is 0 Å². The van der Waals surface area contributed by atoms with Gasteiger partial charge in [0.2, 0.25) is 0 Å². The van der Waals surface area contributed by atoms with Gasteiger partial charge in [-0.3, -0.25) is 0 Å². The van der Waals surface area contributed by atoms with Crippen molar-refractivity contribution in [3.8, 4) is 0 Å². The maximum atomic E-state index is 3.64. The molecule has 0 saturated carbocycles. The second-order valence-electron chi connectivity index (χ2n) is 5.61. The molecule has 1 aliphatic heterocycles. The molecule has 1 N–H and O–H groups in total. The smallest absolute Gasteiger partial charge is 0.00914 e. The van der Waals surface area contributed by atoms with Crippen LogP contribution < -0.4 is 5.32 Å². The summed E-state index contributed by atoms with van der Waals surface area (Å²) in [5, 5.41) is 3.64. The van der Waals surface area contributed by atoms with Gasteiger partial charge in [-0.05, 0) is 64.2 Å². The Morgan fingerprint density at radius 1 is 1.25 bits per heavy atom. The van der Waals surface area contributed by atoms with Crippen LogP contribution in [0.25, 0.3) is 0 Å². The summed E-state index contributed by atoms with van der Waals surface area (Å²) >= 11 is 0. The van der Waals surface area contributed by atoms with E-state index in [9.17, 15) is 0 Å². The lowest BCUT2D eigenvalue weighted by molar-refractivity contribution is 0.193. The Balaban J connectivity index is 2.03. The standard InChI is InChI=1S/C14H30N2/c1-4-9-15-14-7-11-16(12-8-14)10-5-6-13(2)3/h13-15H,4-12H2,1-3H3. The first kappa shape index (κ1) is 14.0. The Morgan fingerprint density at radius 2 is 1.94 bits per heavy atom. The highest BCUT2D eigenvalue weighted by atomic mass is 15.1. The van der Waals surface area contributed by atoms with Gasteiger partial charge >= 0.3 is 0 Å². The molecule has 1 rings (SSSR count). The zero-order chi connectivity index (χ0) is 11.8. The van der Waals surface area contributed by atoms with Crippen LogP contribution in [0.1, 0.15) is 52.9 Å². The van der Waals surface area contributed by atoms with E-state index in [0.29, 0.717) is 0 Å². The molecule has 1 heterocycles. The van der Waals surface area contributed by atoms with E-state index in [-0.39, 0.29) is 0 Å². The Kier molecular flexibility index (Phi) is 7.06. The largest absolute Gasteiger partial charge is 0.314 e. The SMILES string of the molecule is CCCNC1CCN(CCCC(C)C)CC1. The van der Waals surface area contributed by atoms with Crippen LogP contribution in [-0.2, 0) is 0 Å².